The van der Waals surface area contributed by atoms with Gasteiger partial charge >= 0.3 is 0 Å². The summed E-state index contributed by atoms with van der Waals surface area (Å²) in [6.07, 6.45) is 3.91. The van der Waals surface area contributed by atoms with Gasteiger partial charge in [-0.25, -0.2) is 4.39 Å². The van der Waals surface area contributed by atoms with Crippen molar-refractivity contribution in [2.45, 2.75) is 44.9 Å². The molecule has 0 saturated heterocycles. The molecule has 0 unspecified atom stereocenters. The lowest BCUT2D eigenvalue weighted by atomic mass is 9.92. The van der Waals surface area contributed by atoms with Crippen molar-refractivity contribution < 1.29 is 13.9 Å². The van der Waals surface area contributed by atoms with Gasteiger partial charge in [0.25, 0.3) is 5.91 Å². The van der Waals surface area contributed by atoms with Gasteiger partial charge in [0.15, 0.2) is 0 Å². The summed E-state index contributed by atoms with van der Waals surface area (Å²) in [6, 6.07) is 14.3. The Morgan fingerprint density at radius 1 is 1.04 bits per heavy atom. The summed E-state index contributed by atoms with van der Waals surface area (Å²) in [5, 5.41) is 3.58. The van der Waals surface area contributed by atoms with Crippen molar-refractivity contribution in [3.05, 3.63) is 76.6 Å². The molecule has 0 radical (unpaired) electrons. The Labute approximate surface area is 165 Å². The molecule has 0 fully saturated rings. The Morgan fingerprint density at radius 2 is 1.71 bits per heavy atom. The number of ether oxygens (including phenoxy) is 1. The van der Waals surface area contributed by atoms with E-state index in [4.69, 9.17) is 4.74 Å². The molecule has 1 aliphatic heterocycles. The fraction of sp³-hybridized carbons (Fsp3) is 0.348. The van der Waals surface area contributed by atoms with Gasteiger partial charge in [0.2, 0.25) is 0 Å². The highest BCUT2D eigenvalue weighted by atomic mass is 19.1. The second-order valence-corrected chi connectivity index (χ2v) is 7.40. The molecule has 1 aliphatic carbocycles. The predicted molar refractivity (Wildman–Crippen MR) is 106 cm³/mol. The first-order chi connectivity index (χ1) is 13.7. The smallest absolute Gasteiger partial charge is 0.251 e. The fourth-order valence-electron chi connectivity index (χ4n) is 4.09. The summed E-state index contributed by atoms with van der Waals surface area (Å²) in [5.41, 5.74) is 4.28. The van der Waals surface area contributed by atoms with Crippen LogP contribution < -0.4 is 10.1 Å². The van der Waals surface area contributed by atoms with Crippen LogP contribution in [0.1, 0.15) is 36.8 Å². The van der Waals surface area contributed by atoms with Crippen molar-refractivity contribution in [2.75, 3.05) is 7.11 Å². The maximum atomic E-state index is 13.2. The van der Waals surface area contributed by atoms with E-state index in [0.717, 1.165) is 48.1 Å². The quantitative estimate of drug-likeness (QED) is 0.818. The SMILES string of the molecule is COc1ccc(CN[C@H]2C3=C(CCCC3)C(=O)N2Cc2ccc(F)cc2)cc1. The van der Waals surface area contributed by atoms with Gasteiger partial charge in [-0.1, -0.05) is 24.3 Å². The maximum Gasteiger partial charge on any atom is 0.251 e. The molecule has 1 atom stereocenters. The van der Waals surface area contributed by atoms with Crippen LogP contribution in [0.2, 0.25) is 0 Å². The fourth-order valence-corrected chi connectivity index (χ4v) is 4.09. The molecule has 1 N–H and O–H groups in total. The monoisotopic (exact) mass is 380 g/mol. The summed E-state index contributed by atoms with van der Waals surface area (Å²) in [6.45, 7) is 1.14. The molecule has 1 heterocycles. The maximum absolute atomic E-state index is 13.2. The average molecular weight is 380 g/mol. The lowest BCUT2D eigenvalue weighted by Crippen LogP contribution is -2.44. The molecule has 2 aromatic carbocycles. The first-order valence-electron chi connectivity index (χ1n) is 9.79. The Balaban J connectivity index is 1.53. The van der Waals surface area contributed by atoms with E-state index in [2.05, 4.69) is 5.32 Å². The van der Waals surface area contributed by atoms with Crippen molar-refractivity contribution >= 4 is 5.91 Å². The molecule has 0 spiro atoms. The number of nitrogens with one attached hydrogen (secondary N) is 1. The summed E-state index contributed by atoms with van der Waals surface area (Å²) in [5.74, 6) is 0.685. The Bertz CT molecular complexity index is 874. The molecule has 5 heteroatoms. The summed E-state index contributed by atoms with van der Waals surface area (Å²) in [4.78, 5) is 14.9. The highest BCUT2D eigenvalue weighted by Crippen LogP contribution is 2.36. The summed E-state index contributed by atoms with van der Waals surface area (Å²) in [7, 11) is 1.65. The van der Waals surface area contributed by atoms with Crippen molar-refractivity contribution in [1.29, 1.82) is 0 Å². The van der Waals surface area contributed by atoms with Crippen LogP contribution in [-0.4, -0.2) is 24.1 Å². The number of hydrogen-bond acceptors (Lipinski definition) is 3. The summed E-state index contributed by atoms with van der Waals surface area (Å²) < 4.78 is 18.5. The van der Waals surface area contributed by atoms with E-state index in [1.807, 2.05) is 29.2 Å². The zero-order valence-electron chi connectivity index (χ0n) is 16.1. The highest BCUT2D eigenvalue weighted by molar-refractivity contribution is 5.97. The minimum absolute atomic E-state index is 0.102. The van der Waals surface area contributed by atoms with E-state index in [1.165, 1.54) is 17.7 Å². The van der Waals surface area contributed by atoms with Crippen molar-refractivity contribution in [2.24, 2.45) is 0 Å². The lowest BCUT2D eigenvalue weighted by Gasteiger charge is -2.28. The van der Waals surface area contributed by atoms with E-state index >= 15 is 0 Å². The molecule has 4 rings (SSSR count). The van der Waals surface area contributed by atoms with Gasteiger partial charge in [-0.2, -0.15) is 0 Å². The molecule has 28 heavy (non-hydrogen) atoms. The molecule has 2 aromatic rings. The van der Waals surface area contributed by atoms with Crippen molar-refractivity contribution in [1.82, 2.24) is 10.2 Å². The van der Waals surface area contributed by atoms with E-state index in [0.29, 0.717) is 13.1 Å². The minimum atomic E-state index is -0.261. The molecular weight excluding hydrogens is 355 g/mol. The van der Waals surface area contributed by atoms with Crippen molar-refractivity contribution in [3.8, 4) is 5.75 Å². The van der Waals surface area contributed by atoms with E-state index in [1.54, 1.807) is 19.2 Å². The van der Waals surface area contributed by atoms with Crippen LogP contribution in [-0.2, 0) is 17.9 Å². The van der Waals surface area contributed by atoms with Crippen LogP contribution in [0.5, 0.6) is 5.75 Å². The molecule has 4 nitrogen and oxygen atoms in total. The molecule has 2 aliphatic rings. The van der Waals surface area contributed by atoms with E-state index in [-0.39, 0.29) is 17.9 Å². The lowest BCUT2D eigenvalue weighted by molar-refractivity contribution is -0.128. The number of carbonyl (C=O) groups excluding carboxylic acids is 1. The van der Waals surface area contributed by atoms with E-state index in [9.17, 15) is 9.18 Å². The third-order valence-electron chi connectivity index (χ3n) is 5.60. The normalized spacial score (nSPS) is 19.1. The second-order valence-electron chi connectivity index (χ2n) is 7.40. The molecule has 1 amide bonds. The highest BCUT2D eigenvalue weighted by Gasteiger charge is 2.39. The van der Waals surface area contributed by atoms with E-state index < -0.39 is 0 Å². The molecule has 0 saturated carbocycles. The molecule has 0 aromatic heterocycles. The third-order valence-corrected chi connectivity index (χ3v) is 5.60. The van der Waals surface area contributed by atoms with Crippen LogP contribution in [0.15, 0.2) is 59.7 Å². The number of halogens is 1. The van der Waals surface area contributed by atoms with Crippen LogP contribution >= 0.6 is 0 Å². The molecule has 0 bridgehead atoms. The zero-order valence-corrected chi connectivity index (χ0v) is 16.1. The summed E-state index contributed by atoms with van der Waals surface area (Å²) >= 11 is 0. The number of nitrogens with zero attached hydrogens (tertiary/aromatic N) is 1. The number of carbonyl (C=O) groups is 1. The third kappa shape index (κ3) is 3.80. The van der Waals surface area contributed by atoms with Crippen LogP contribution in [0.3, 0.4) is 0 Å². The number of benzene rings is 2. The minimum Gasteiger partial charge on any atom is -0.497 e. The van der Waals surface area contributed by atoms with Gasteiger partial charge in [-0.05, 0) is 66.6 Å². The first kappa shape index (κ1) is 18.7. The van der Waals surface area contributed by atoms with Gasteiger partial charge in [-0.15, -0.1) is 0 Å². The number of hydrogen-bond donors (Lipinski definition) is 1. The Hall–Kier alpha value is -2.66. The van der Waals surface area contributed by atoms with Crippen molar-refractivity contribution in [3.63, 3.8) is 0 Å². The second kappa shape index (κ2) is 8.15. The number of methoxy groups -OCH3 is 1. The van der Waals surface area contributed by atoms with Gasteiger partial charge in [0, 0.05) is 18.7 Å². The zero-order chi connectivity index (χ0) is 19.5. The van der Waals surface area contributed by atoms with Crippen LogP contribution in [0.25, 0.3) is 0 Å². The Morgan fingerprint density at radius 3 is 2.43 bits per heavy atom. The van der Waals surface area contributed by atoms with Gasteiger partial charge in [0.1, 0.15) is 17.7 Å². The largest absolute Gasteiger partial charge is 0.497 e. The number of rotatable bonds is 6. The average Bonchev–Trinajstić information content (AvgIpc) is 3.00. The van der Waals surface area contributed by atoms with Gasteiger partial charge < -0.3 is 9.64 Å². The number of amides is 1. The van der Waals surface area contributed by atoms with Gasteiger partial charge in [-0.3, -0.25) is 10.1 Å². The van der Waals surface area contributed by atoms with Crippen LogP contribution in [0, 0.1) is 5.82 Å². The predicted octanol–water partition coefficient (Wildman–Crippen LogP) is 4.16. The molecule has 146 valence electrons. The van der Waals surface area contributed by atoms with Crippen LogP contribution in [0.4, 0.5) is 4.39 Å². The standard InChI is InChI=1S/C23H25FN2O2/c1-28-19-12-8-16(9-13-19)14-25-22-20-4-2-3-5-21(20)23(27)26(22)15-17-6-10-18(24)11-7-17/h6-13,22,25H,2-5,14-15H2,1H3/t22-/m1/s1. The Kier molecular flexibility index (Phi) is 5.44. The molecular formula is C23H25FN2O2. The first-order valence-corrected chi connectivity index (χ1v) is 9.79. The topological polar surface area (TPSA) is 41.6 Å². The van der Waals surface area contributed by atoms with Gasteiger partial charge in [0.05, 0.1) is 7.11 Å².